The van der Waals surface area contributed by atoms with E-state index in [1.54, 1.807) is 7.11 Å². The smallest absolute Gasteiger partial charge is 0.129 e. The van der Waals surface area contributed by atoms with E-state index in [1.807, 2.05) is 20.9 Å². The molecule has 1 aromatic heterocycles. The molecule has 0 aliphatic carbocycles. The summed E-state index contributed by atoms with van der Waals surface area (Å²) in [7, 11) is 3.47. The Kier molecular flexibility index (Phi) is 13.4. The van der Waals surface area contributed by atoms with E-state index in [9.17, 15) is 9.50 Å². The summed E-state index contributed by atoms with van der Waals surface area (Å²) in [6.45, 7) is 7.97. The molecule has 30 heavy (non-hydrogen) atoms. The second-order valence-electron chi connectivity index (χ2n) is 7.87. The van der Waals surface area contributed by atoms with Crippen LogP contribution in [0.15, 0.2) is 23.5 Å². The van der Waals surface area contributed by atoms with E-state index in [1.165, 1.54) is 5.56 Å². The molecule has 0 fully saturated rings. The topological polar surface area (TPSA) is 57.6 Å². The van der Waals surface area contributed by atoms with Gasteiger partial charge in [-0.15, -0.1) is 0 Å². The molecule has 0 spiro atoms. The predicted molar refractivity (Wildman–Crippen MR) is 124 cm³/mol. The van der Waals surface area contributed by atoms with Gasteiger partial charge in [0.15, 0.2) is 0 Å². The molecule has 1 heterocycles. The fourth-order valence-electron chi connectivity index (χ4n) is 3.47. The SMILES string of the molecule is CC/C(C)=C(/O)CCCN(CCCCc1ccc(CC)c(NC)n1)CC(CF)OC. The van der Waals surface area contributed by atoms with Gasteiger partial charge in [0.1, 0.15) is 12.5 Å². The lowest BCUT2D eigenvalue weighted by Crippen LogP contribution is -2.36. The largest absolute Gasteiger partial charge is 0.512 e. The van der Waals surface area contributed by atoms with E-state index < -0.39 is 12.8 Å². The van der Waals surface area contributed by atoms with Crippen LogP contribution in [0, 0.1) is 0 Å². The van der Waals surface area contributed by atoms with Crippen LogP contribution in [-0.2, 0) is 17.6 Å². The van der Waals surface area contributed by atoms with Crippen molar-refractivity contribution in [3.63, 3.8) is 0 Å². The third-order valence-corrected chi connectivity index (χ3v) is 5.69. The predicted octanol–water partition coefficient (Wildman–Crippen LogP) is 5.32. The van der Waals surface area contributed by atoms with E-state index in [0.29, 0.717) is 18.7 Å². The highest BCUT2D eigenvalue weighted by molar-refractivity contribution is 5.44. The number of aliphatic hydroxyl groups is 1. The molecule has 1 atom stereocenters. The zero-order valence-electron chi connectivity index (χ0n) is 19.6. The van der Waals surface area contributed by atoms with Gasteiger partial charge in [-0.3, -0.25) is 0 Å². The molecule has 0 bridgehead atoms. The molecule has 5 nitrogen and oxygen atoms in total. The summed E-state index contributed by atoms with van der Waals surface area (Å²) in [6.07, 6.45) is 5.95. The molecule has 1 unspecified atom stereocenters. The number of hydrogen-bond acceptors (Lipinski definition) is 5. The minimum atomic E-state index is -0.479. The minimum absolute atomic E-state index is 0.395. The Labute approximate surface area is 182 Å². The maximum Gasteiger partial charge on any atom is 0.129 e. The number of aliphatic hydroxyl groups excluding tert-OH is 1. The molecule has 1 aromatic rings. The third-order valence-electron chi connectivity index (χ3n) is 5.69. The number of aromatic nitrogens is 1. The number of methoxy groups -OCH3 is 1. The van der Waals surface area contributed by atoms with Gasteiger partial charge >= 0.3 is 0 Å². The number of aryl methyl sites for hydroxylation is 2. The minimum Gasteiger partial charge on any atom is -0.512 e. The molecule has 0 radical (unpaired) electrons. The molecule has 0 aromatic carbocycles. The number of allylic oxidation sites excluding steroid dienone is 2. The van der Waals surface area contributed by atoms with E-state index in [-0.39, 0.29) is 0 Å². The molecule has 0 amide bonds. The lowest BCUT2D eigenvalue weighted by Gasteiger charge is -2.25. The number of alkyl halides is 1. The van der Waals surface area contributed by atoms with Crippen LogP contribution in [0.4, 0.5) is 10.2 Å². The Morgan fingerprint density at radius 3 is 2.57 bits per heavy atom. The van der Waals surface area contributed by atoms with Crippen molar-refractivity contribution in [1.29, 1.82) is 0 Å². The molecular formula is C24H42FN3O2. The van der Waals surface area contributed by atoms with E-state index in [4.69, 9.17) is 9.72 Å². The first kappa shape index (κ1) is 26.4. The number of nitrogens with one attached hydrogen (secondary N) is 1. The highest BCUT2D eigenvalue weighted by Gasteiger charge is 2.14. The van der Waals surface area contributed by atoms with Crippen LogP contribution in [0.2, 0.25) is 0 Å². The first-order valence-corrected chi connectivity index (χ1v) is 11.3. The lowest BCUT2D eigenvalue weighted by atomic mass is 10.1. The average molecular weight is 424 g/mol. The summed E-state index contributed by atoms with van der Waals surface area (Å²) < 4.78 is 18.4. The van der Waals surface area contributed by atoms with Crippen LogP contribution in [0.3, 0.4) is 0 Å². The summed E-state index contributed by atoms with van der Waals surface area (Å²) in [4.78, 5) is 6.98. The Balaban J connectivity index is 2.54. The fourth-order valence-corrected chi connectivity index (χ4v) is 3.47. The van der Waals surface area contributed by atoms with Gasteiger partial charge in [-0.25, -0.2) is 9.37 Å². The van der Waals surface area contributed by atoms with Crippen molar-refractivity contribution in [2.75, 3.05) is 45.8 Å². The number of hydrogen-bond donors (Lipinski definition) is 2. The number of anilines is 1. The molecule has 0 saturated heterocycles. The zero-order valence-corrected chi connectivity index (χ0v) is 19.6. The maximum absolute atomic E-state index is 13.1. The van der Waals surface area contributed by atoms with Crippen LogP contribution in [0.1, 0.15) is 64.1 Å². The van der Waals surface area contributed by atoms with Gasteiger partial charge in [-0.05, 0) is 75.7 Å². The van der Waals surface area contributed by atoms with Crippen molar-refractivity contribution in [2.45, 2.75) is 71.8 Å². The summed E-state index contributed by atoms with van der Waals surface area (Å²) in [6, 6.07) is 4.27. The van der Waals surface area contributed by atoms with Crippen molar-refractivity contribution in [3.8, 4) is 0 Å². The van der Waals surface area contributed by atoms with Gasteiger partial charge in [0.2, 0.25) is 0 Å². The average Bonchev–Trinajstić information content (AvgIpc) is 2.78. The highest BCUT2D eigenvalue weighted by Crippen LogP contribution is 2.16. The van der Waals surface area contributed by atoms with Crippen LogP contribution in [0.5, 0.6) is 0 Å². The molecule has 0 aliphatic heterocycles. The number of unbranched alkanes of at least 4 members (excludes halogenated alkanes) is 1. The highest BCUT2D eigenvalue weighted by atomic mass is 19.1. The van der Waals surface area contributed by atoms with Crippen LogP contribution < -0.4 is 5.32 Å². The van der Waals surface area contributed by atoms with Gasteiger partial charge in [-0.2, -0.15) is 0 Å². The number of pyridine rings is 1. The molecule has 6 heteroatoms. The Bertz CT molecular complexity index is 633. The van der Waals surface area contributed by atoms with Crippen molar-refractivity contribution in [3.05, 3.63) is 34.7 Å². The second-order valence-corrected chi connectivity index (χ2v) is 7.87. The summed E-state index contributed by atoms with van der Waals surface area (Å²) >= 11 is 0. The summed E-state index contributed by atoms with van der Waals surface area (Å²) in [5, 5.41) is 13.3. The lowest BCUT2D eigenvalue weighted by molar-refractivity contribution is 0.0448. The number of rotatable bonds is 16. The Hall–Kier alpha value is -1.66. The Morgan fingerprint density at radius 1 is 1.23 bits per heavy atom. The van der Waals surface area contributed by atoms with Crippen molar-refractivity contribution in [1.82, 2.24) is 9.88 Å². The molecule has 172 valence electrons. The van der Waals surface area contributed by atoms with Crippen molar-refractivity contribution >= 4 is 5.82 Å². The van der Waals surface area contributed by atoms with Gasteiger partial charge in [-0.1, -0.05) is 19.9 Å². The van der Waals surface area contributed by atoms with Crippen LogP contribution in [-0.4, -0.2) is 61.6 Å². The molecule has 1 rings (SSSR count). The molecule has 2 N–H and O–H groups in total. The third kappa shape index (κ3) is 9.43. The monoisotopic (exact) mass is 423 g/mol. The zero-order chi connectivity index (χ0) is 22.4. The Morgan fingerprint density at radius 2 is 1.97 bits per heavy atom. The molecule has 0 saturated carbocycles. The van der Waals surface area contributed by atoms with Crippen molar-refractivity contribution in [2.24, 2.45) is 0 Å². The van der Waals surface area contributed by atoms with E-state index in [2.05, 4.69) is 29.3 Å². The quantitative estimate of drug-likeness (QED) is 0.278. The molecule has 0 aliphatic rings. The molecular weight excluding hydrogens is 381 g/mol. The number of nitrogens with zero attached hydrogens (tertiary/aromatic N) is 2. The summed E-state index contributed by atoms with van der Waals surface area (Å²) in [5.74, 6) is 1.46. The second kappa shape index (κ2) is 15.2. The first-order valence-electron chi connectivity index (χ1n) is 11.3. The van der Waals surface area contributed by atoms with Gasteiger partial charge < -0.3 is 20.1 Å². The van der Waals surface area contributed by atoms with Crippen molar-refractivity contribution < 1.29 is 14.2 Å². The van der Waals surface area contributed by atoms with Crippen LogP contribution >= 0.6 is 0 Å². The van der Waals surface area contributed by atoms with E-state index >= 15 is 0 Å². The van der Waals surface area contributed by atoms with Gasteiger partial charge in [0, 0.05) is 32.8 Å². The normalized spacial score (nSPS) is 13.4. The first-order chi connectivity index (χ1) is 14.5. The van der Waals surface area contributed by atoms with E-state index in [0.717, 1.165) is 68.7 Å². The van der Waals surface area contributed by atoms with Gasteiger partial charge in [0.05, 0.1) is 11.9 Å². The standard InChI is InChI=1S/C24H42FN3O2/c1-6-19(3)23(29)12-10-16-28(18-22(17-25)30-5)15-9-8-11-21-14-13-20(7-2)24(26-4)27-21/h13-14,22,29H,6-12,15-18H2,1-5H3,(H,26,27)/b23-19+. The van der Waals surface area contributed by atoms with Gasteiger partial charge in [0.25, 0.3) is 0 Å². The number of halogens is 1. The summed E-state index contributed by atoms with van der Waals surface area (Å²) in [5.41, 5.74) is 3.38. The fraction of sp³-hybridized carbons (Fsp3) is 0.708. The number of ether oxygens (including phenoxy) is 1. The van der Waals surface area contributed by atoms with Crippen LogP contribution in [0.25, 0.3) is 0 Å². The maximum atomic E-state index is 13.1.